The Morgan fingerprint density at radius 1 is 1.64 bits per heavy atom. The van der Waals surface area contributed by atoms with Gasteiger partial charge in [0.15, 0.2) is 0 Å². The van der Waals surface area contributed by atoms with Crippen molar-refractivity contribution in [3.05, 3.63) is 0 Å². The molecule has 0 unspecified atom stereocenters. The van der Waals surface area contributed by atoms with Crippen molar-refractivity contribution < 1.29 is 9.90 Å². The van der Waals surface area contributed by atoms with Crippen molar-refractivity contribution >= 4 is 22.8 Å². The van der Waals surface area contributed by atoms with Gasteiger partial charge in [-0.05, 0) is 17.7 Å². The molecule has 3 nitrogen and oxygen atoms in total. The van der Waals surface area contributed by atoms with Crippen LogP contribution in [0.15, 0.2) is 0 Å². The second-order valence-corrected chi connectivity index (χ2v) is 3.39. The second kappa shape index (κ2) is 5.32. The molecule has 0 aliphatic carbocycles. The van der Waals surface area contributed by atoms with Gasteiger partial charge in [-0.3, -0.25) is 10.1 Å². The molecule has 66 valence electrons. The Bertz CT molecular complexity index is 157. The third-order valence-corrected chi connectivity index (χ3v) is 1.72. The minimum atomic E-state index is -0.792. The molecule has 0 spiro atoms. The summed E-state index contributed by atoms with van der Waals surface area (Å²) in [6, 6.07) is -0.456. The van der Waals surface area contributed by atoms with Gasteiger partial charge in [0.2, 0.25) is 0 Å². The summed E-state index contributed by atoms with van der Waals surface area (Å²) in [6.07, 6.45) is 1.94. The molecule has 2 N–H and O–H groups in total. The van der Waals surface area contributed by atoms with E-state index in [0.717, 1.165) is 11.4 Å². The predicted molar refractivity (Wildman–Crippen MR) is 50.4 cm³/mol. The largest absolute Gasteiger partial charge is 0.480 e. The summed E-state index contributed by atoms with van der Waals surface area (Å²) in [6.45, 7) is 3.76. The molecule has 0 aliphatic heterocycles. The van der Waals surface area contributed by atoms with Crippen LogP contribution in [-0.4, -0.2) is 28.9 Å². The first-order valence-corrected chi connectivity index (χ1v) is 4.90. The number of carboxylic acid groups (broad SMARTS) is 1. The molecule has 4 heteroatoms. The van der Waals surface area contributed by atoms with Crippen LogP contribution in [0.4, 0.5) is 0 Å². The zero-order valence-corrected chi connectivity index (χ0v) is 7.93. The maximum Gasteiger partial charge on any atom is 0.321 e. The lowest BCUT2D eigenvalue weighted by atomic mass is 10.1. The Labute approximate surface area is 70.8 Å². The summed E-state index contributed by atoms with van der Waals surface area (Å²) in [5.41, 5.74) is 1.75. The molecule has 0 radical (unpaired) electrons. The highest BCUT2D eigenvalue weighted by atomic mass is 32.1. The van der Waals surface area contributed by atoms with Crippen LogP contribution in [0.5, 0.6) is 0 Å². The fraction of sp³-hybridized carbons (Fsp3) is 0.714. The van der Waals surface area contributed by atoms with Crippen LogP contribution in [0.1, 0.15) is 13.8 Å². The number of hydrogen-bond acceptors (Lipinski definition) is 1. The van der Waals surface area contributed by atoms with E-state index in [1.807, 2.05) is 20.1 Å². The summed E-state index contributed by atoms with van der Waals surface area (Å²) < 4.78 is 0. The van der Waals surface area contributed by atoms with Crippen LogP contribution >= 0.6 is 11.4 Å². The van der Waals surface area contributed by atoms with Gasteiger partial charge < -0.3 is 5.11 Å². The van der Waals surface area contributed by atoms with E-state index in [4.69, 9.17) is 5.11 Å². The smallest absolute Gasteiger partial charge is 0.321 e. The normalized spacial score (nSPS) is 14.9. The molecular weight excluding hydrogens is 162 g/mol. The van der Waals surface area contributed by atoms with E-state index >= 15 is 0 Å². The highest BCUT2D eigenvalue weighted by Gasteiger charge is 2.18. The van der Waals surface area contributed by atoms with Crippen LogP contribution in [0, 0.1) is 5.92 Å². The van der Waals surface area contributed by atoms with Gasteiger partial charge in [0.1, 0.15) is 6.04 Å². The fourth-order valence-corrected chi connectivity index (χ4v) is 1.01. The van der Waals surface area contributed by atoms with Gasteiger partial charge in [0.25, 0.3) is 0 Å². The van der Waals surface area contributed by atoms with Crippen LogP contribution in [0.2, 0.25) is 0 Å². The Morgan fingerprint density at radius 3 is 2.45 bits per heavy atom. The summed E-state index contributed by atoms with van der Waals surface area (Å²) >= 11 is 1.05. The van der Waals surface area contributed by atoms with Gasteiger partial charge in [0.05, 0.1) is 0 Å². The molecule has 0 fully saturated rings. The molecule has 0 aromatic rings. The standard InChI is InChI=1S/C7H15NO2S/c1-5(2)6(7(9)10)8-4-11-3/h4-6,8,11H,1-3H3,(H,9,10)/t6-/m0/s1. The summed E-state index contributed by atoms with van der Waals surface area (Å²) in [5.74, 6) is -0.676. The van der Waals surface area contributed by atoms with Crippen LogP contribution < -0.4 is 5.32 Å². The summed E-state index contributed by atoms with van der Waals surface area (Å²) in [7, 11) is 0. The molecule has 0 heterocycles. The van der Waals surface area contributed by atoms with E-state index in [0.29, 0.717) is 0 Å². The van der Waals surface area contributed by atoms with E-state index in [9.17, 15) is 4.79 Å². The second-order valence-electron chi connectivity index (χ2n) is 2.61. The molecule has 0 saturated heterocycles. The number of rotatable bonds is 4. The van der Waals surface area contributed by atoms with Crippen LogP contribution in [0.25, 0.3) is 0 Å². The summed E-state index contributed by atoms with van der Waals surface area (Å²) in [4.78, 5) is 10.6. The Balaban J connectivity index is 4.00. The molecule has 0 saturated carbocycles. The lowest BCUT2D eigenvalue weighted by Crippen LogP contribution is -2.39. The fourth-order valence-electron chi connectivity index (χ4n) is 0.704. The molecule has 0 bridgehead atoms. The van der Waals surface area contributed by atoms with E-state index in [-0.39, 0.29) is 5.92 Å². The minimum Gasteiger partial charge on any atom is -0.480 e. The first kappa shape index (κ1) is 10.7. The third kappa shape index (κ3) is 4.16. The van der Waals surface area contributed by atoms with E-state index in [2.05, 4.69) is 5.32 Å². The number of carbonyl (C=O) groups is 1. The van der Waals surface area contributed by atoms with Gasteiger partial charge in [-0.2, -0.15) is 11.4 Å². The lowest BCUT2D eigenvalue weighted by molar-refractivity contribution is -0.140. The highest BCUT2D eigenvalue weighted by Crippen LogP contribution is 2.00. The van der Waals surface area contributed by atoms with E-state index < -0.39 is 12.0 Å². The minimum absolute atomic E-state index is 0.116. The SMILES string of the molecule is C[SH]=CN[C@H](C(=O)O)C(C)C. The maximum atomic E-state index is 10.6. The Hall–Kier alpha value is -0.350. The quantitative estimate of drug-likeness (QED) is 0.434. The van der Waals surface area contributed by atoms with Crippen LogP contribution in [-0.2, 0) is 4.79 Å². The summed E-state index contributed by atoms with van der Waals surface area (Å²) in [5, 5.41) is 11.5. The molecule has 0 amide bonds. The first-order chi connectivity index (χ1) is 5.09. The monoisotopic (exact) mass is 177 g/mol. The lowest BCUT2D eigenvalue weighted by Gasteiger charge is -2.14. The molecule has 0 rings (SSSR count). The first-order valence-electron chi connectivity index (χ1n) is 3.49. The average molecular weight is 177 g/mol. The Morgan fingerprint density at radius 2 is 2.18 bits per heavy atom. The number of thiol groups is 1. The molecule has 0 aromatic carbocycles. The van der Waals surface area contributed by atoms with Crippen molar-refractivity contribution in [1.82, 2.24) is 5.32 Å². The van der Waals surface area contributed by atoms with Crippen LogP contribution in [0.3, 0.4) is 0 Å². The zero-order valence-electron chi connectivity index (χ0n) is 7.03. The van der Waals surface area contributed by atoms with Crippen molar-refractivity contribution in [3.63, 3.8) is 0 Å². The average Bonchev–Trinajstić information content (AvgIpc) is 1.87. The molecule has 0 aromatic heterocycles. The third-order valence-electron chi connectivity index (χ3n) is 1.32. The molecule has 1 atom stereocenters. The van der Waals surface area contributed by atoms with Crippen molar-refractivity contribution in [3.8, 4) is 0 Å². The van der Waals surface area contributed by atoms with Crippen molar-refractivity contribution in [2.75, 3.05) is 6.26 Å². The van der Waals surface area contributed by atoms with Gasteiger partial charge in [-0.25, -0.2) is 0 Å². The van der Waals surface area contributed by atoms with Gasteiger partial charge in [-0.1, -0.05) is 13.8 Å². The molecule has 11 heavy (non-hydrogen) atoms. The van der Waals surface area contributed by atoms with Gasteiger partial charge in [0, 0.05) is 0 Å². The maximum absolute atomic E-state index is 10.6. The molecule has 0 aliphatic rings. The number of aliphatic carboxylic acids is 1. The number of nitrogens with one attached hydrogen (secondary N) is 1. The molecular formula is C7H15NO2S. The number of hydrogen-bond donors (Lipinski definition) is 3. The Kier molecular flexibility index (Phi) is 5.15. The van der Waals surface area contributed by atoms with Crippen molar-refractivity contribution in [2.24, 2.45) is 5.92 Å². The van der Waals surface area contributed by atoms with E-state index in [1.165, 1.54) is 0 Å². The van der Waals surface area contributed by atoms with E-state index in [1.54, 1.807) is 5.49 Å². The van der Waals surface area contributed by atoms with Gasteiger partial charge >= 0.3 is 5.97 Å². The highest BCUT2D eigenvalue weighted by molar-refractivity contribution is 7.96. The predicted octanol–water partition coefficient (Wildman–Crippen LogP) is 0.540. The number of carboxylic acids is 1. The van der Waals surface area contributed by atoms with Gasteiger partial charge in [-0.15, -0.1) is 0 Å². The zero-order chi connectivity index (χ0) is 8.85. The topological polar surface area (TPSA) is 49.3 Å². The van der Waals surface area contributed by atoms with Crippen molar-refractivity contribution in [1.29, 1.82) is 0 Å². The van der Waals surface area contributed by atoms with Crippen molar-refractivity contribution in [2.45, 2.75) is 19.9 Å².